The predicted octanol–water partition coefficient (Wildman–Crippen LogP) is 4.11. The molecule has 0 atom stereocenters. The fraction of sp³-hybridized carbons (Fsp3) is 0.238. The number of H-pyrrole nitrogens is 1. The van der Waals surface area contributed by atoms with Crippen LogP contribution in [0.4, 0.5) is 18.9 Å². The van der Waals surface area contributed by atoms with Gasteiger partial charge in [0.15, 0.2) is 6.33 Å². The molecule has 0 spiro atoms. The zero-order valence-corrected chi connectivity index (χ0v) is 19.0. The molecule has 8 nitrogen and oxygen atoms in total. The number of carbonyl (C=O) groups excluding carboxylic acids is 2. The highest BCUT2D eigenvalue weighted by atomic mass is 35.5. The lowest BCUT2D eigenvalue weighted by Gasteiger charge is -2.08. The fourth-order valence-corrected chi connectivity index (χ4v) is 3.39. The number of anilines is 1. The highest BCUT2D eigenvalue weighted by Gasteiger charge is 2.48. The Kier molecular flexibility index (Phi) is 6.17. The van der Waals surface area contributed by atoms with Crippen molar-refractivity contribution in [2.45, 2.75) is 30.8 Å². The van der Waals surface area contributed by atoms with Gasteiger partial charge in [0.2, 0.25) is 5.91 Å². The van der Waals surface area contributed by atoms with Gasteiger partial charge in [-0.25, -0.2) is 10.1 Å². The molecule has 2 heterocycles. The van der Waals surface area contributed by atoms with Crippen LogP contribution in [0, 0.1) is 0 Å². The van der Waals surface area contributed by atoms with E-state index in [1.165, 1.54) is 24.1 Å². The van der Waals surface area contributed by atoms with Crippen LogP contribution in [0.25, 0.3) is 5.82 Å². The van der Waals surface area contributed by atoms with Gasteiger partial charge in [0.05, 0.1) is 11.3 Å². The number of alkyl halides is 4. The van der Waals surface area contributed by atoms with E-state index in [-0.39, 0.29) is 28.0 Å². The topological polar surface area (TPSA) is 104 Å². The molecule has 1 aromatic carbocycles. The quantitative estimate of drug-likeness (QED) is 0.305. The average Bonchev–Trinajstić information content (AvgIpc) is 3.34. The van der Waals surface area contributed by atoms with Gasteiger partial charge < -0.3 is 5.32 Å². The molecule has 0 saturated heterocycles. The van der Waals surface area contributed by atoms with Crippen molar-refractivity contribution in [3.8, 4) is 5.82 Å². The fourth-order valence-electron chi connectivity index (χ4n) is 3.01. The van der Waals surface area contributed by atoms with Crippen LogP contribution in [0.2, 0.25) is 5.02 Å². The Morgan fingerprint density at radius 1 is 1.21 bits per heavy atom. The highest BCUT2D eigenvalue weighted by Crippen LogP contribution is 2.43. The number of halogens is 5. The lowest BCUT2D eigenvalue weighted by atomic mass is 10.1. The van der Waals surface area contributed by atoms with Crippen molar-refractivity contribution >= 4 is 46.4 Å². The van der Waals surface area contributed by atoms with Crippen LogP contribution in [0.1, 0.15) is 41.5 Å². The van der Waals surface area contributed by atoms with Gasteiger partial charge in [-0.3, -0.25) is 9.59 Å². The van der Waals surface area contributed by atoms with Gasteiger partial charge in [0, 0.05) is 16.7 Å². The maximum atomic E-state index is 13.0. The van der Waals surface area contributed by atoms with E-state index >= 15 is 0 Å². The summed E-state index contributed by atoms with van der Waals surface area (Å²) in [5, 5.41) is 5.27. The van der Waals surface area contributed by atoms with Gasteiger partial charge in [-0.1, -0.05) is 16.6 Å². The molecule has 1 fully saturated rings. The average molecular weight is 512 g/mol. The lowest BCUT2D eigenvalue weighted by Crippen LogP contribution is -2.40. The van der Waals surface area contributed by atoms with Crippen molar-refractivity contribution in [1.82, 2.24) is 15.1 Å². The van der Waals surface area contributed by atoms with E-state index in [2.05, 4.69) is 25.4 Å². The van der Waals surface area contributed by atoms with Crippen molar-refractivity contribution in [3.63, 3.8) is 0 Å². The van der Waals surface area contributed by atoms with Crippen LogP contribution in [0.15, 0.2) is 47.8 Å². The summed E-state index contributed by atoms with van der Waals surface area (Å²) in [4.78, 5) is 36.0. The number of amides is 2. The summed E-state index contributed by atoms with van der Waals surface area (Å²) in [6, 6.07) is 5.72. The molecule has 176 valence electrons. The van der Waals surface area contributed by atoms with Crippen LogP contribution in [0.3, 0.4) is 0 Å². The zero-order valence-electron chi connectivity index (χ0n) is 17.5. The Morgan fingerprint density at radius 2 is 1.94 bits per heavy atom. The molecule has 34 heavy (non-hydrogen) atoms. The molecule has 0 radical (unpaired) electrons. The first kappa shape index (κ1) is 23.8. The van der Waals surface area contributed by atoms with Crippen molar-refractivity contribution in [3.05, 3.63) is 64.8 Å². The number of carbonyl (C=O) groups is 2. The maximum Gasteiger partial charge on any atom is 0.416 e. The molecule has 1 saturated carbocycles. The van der Waals surface area contributed by atoms with Gasteiger partial charge in [-0.15, -0.1) is 21.3 Å². The van der Waals surface area contributed by atoms with Crippen molar-refractivity contribution < 1.29 is 27.4 Å². The Hall–Kier alpha value is -3.31. The van der Waals surface area contributed by atoms with Gasteiger partial charge in [-0.2, -0.15) is 13.2 Å². The monoisotopic (exact) mass is 511 g/mol. The third-order valence-electron chi connectivity index (χ3n) is 4.98. The second-order valence-electron chi connectivity index (χ2n) is 7.60. The molecular weight excluding hydrogens is 496 g/mol. The smallest absolute Gasteiger partial charge is 0.322 e. The first-order valence-electron chi connectivity index (χ1n) is 9.86. The molecule has 1 aliphatic rings. The Bertz CT molecular complexity index is 1300. The molecule has 2 amide bonds. The highest BCUT2D eigenvalue weighted by molar-refractivity contribution is 6.38. The van der Waals surface area contributed by atoms with Crippen molar-refractivity contribution in [2.75, 3.05) is 5.32 Å². The van der Waals surface area contributed by atoms with E-state index in [1.54, 1.807) is 12.1 Å². The molecule has 2 aromatic heterocycles. The molecule has 4 rings (SSSR count). The first-order valence-corrected chi connectivity index (χ1v) is 10.6. The number of hydrogen-bond acceptors (Lipinski definition) is 4. The van der Waals surface area contributed by atoms with Crippen molar-refractivity contribution in [2.24, 2.45) is 4.99 Å². The molecule has 13 heteroatoms. The number of hydrogen-bond donors (Lipinski definition) is 2. The maximum absolute atomic E-state index is 13.0. The molecule has 3 aromatic rings. The van der Waals surface area contributed by atoms with Crippen LogP contribution < -0.4 is 10.00 Å². The van der Waals surface area contributed by atoms with E-state index in [0.29, 0.717) is 30.4 Å². The number of aromatic amines is 1. The zero-order chi connectivity index (χ0) is 24.7. The Morgan fingerprint density at radius 3 is 2.56 bits per heavy atom. The normalized spacial score (nSPS) is 15.2. The second kappa shape index (κ2) is 8.80. The predicted molar refractivity (Wildman–Crippen MR) is 117 cm³/mol. The number of nitrogens with zero attached hydrogens (tertiary/aromatic N) is 4. The van der Waals surface area contributed by atoms with E-state index in [0.717, 1.165) is 12.1 Å². The molecule has 0 bridgehead atoms. The van der Waals surface area contributed by atoms with E-state index in [9.17, 15) is 22.8 Å². The van der Waals surface area contributed by atoms with Crippen LogP contribution in [-0.2, 0) is 11.0 Å². The molecule has 2 N–H and O–H groups in total. The standard InChI is InChI=1S/C21H15Cl2F3N6O2/c1-11(30-18(33)12-6-13(21(24,25)26)8-14(22)7-12)17-28-10-29-32(17)16-3-2-15(9-27-16)31-19(34)20(23)4-5-20/h2-3,6-10H,4-5H2,1H3,(H,31,34)/p+1. The summed E-state index contributed by atoms with van der Waals surface area (Å²) in [7, 11) is 0. The van der Waals surface area contributed by atoms with Crippen LogP contribution in [0.5, 0.6) is 0 Å². The van der Waals surface area contributed by atoms with Gasteiger partial charge in [0.1, 0.15) is 16.8 Å². The second-order valence-corrected chi connectivity index (χ2v) is 8.76. The minimum absolute atomic E-state index is 0.122. The minimum atomic E-state index is -4.66. The number of benzene rings is 1. The Labute approximate surface area is 200 Å². The number of aliphatic imine (C=N–C) groups is 1. The summed E-state index contributed by atoms with van der Waals surface area (Å²) in [6.07, 6.45) is -0.672. The molecule has 0 aliphatic heterocycles. The number of rotatable bonds is 5. The van der Waals surface area contributed by atoms with E-state index < -0.39 is 22.5 Å². The van der Waals surface area contributed by atoms with E-state index in [1.807, 2.05) is 0 Å². The largest absolute Gasteiger partial charge is 0.416 e. The number of pyridine rings is 1. The lowest BCUT2D eigenvalue weighted by molar-refractivity contribution is -0.661. The third-order valence-corrected chi connectivity index (χ3v) is 5.75. The SMILES string of the molecule is CC(=NC(=O)c1cc(Cl)cc(C(F)(F)F)c1)c1nc[nH][n+]1-c1ccc(NC(=O)C2(Cl)CC2)cn1. The summed E-state index contributed by atoms with van der Waals surface area (Å²) in [5.74, 6) is -0.647. The van der Waals surface area contributed by atoms with Crippen LogP contribution in [-0.4, -0.2) is 37.5 Å². The molecule has 1 aliphatic carbocycles. The number of aromatic nitrogens is 4. The summed E-state index contributed by atoms with van der Waals surface area (Å²) in [6.45, 7) is 1.48. The van der Waals surface area contributed by atoms with Gasteiger partial charge in [-0.05, 0) is 44.0 Å². The van der Waals surface area contributed by atoms with E-state index in [4.69, 9.17) is 23.2 Å². The van der Waals surface area contributed by atoms with Crippen LogP contribution >= 0.6 is 23.2 Å². The minimum Gasteiger partial charge on any atom is -0.322 e. The summed E-state index contributed by atoms with van der Waals surface area (Å²) in [5.41, 5.74) is -0.794. The third kappa shape index (κ3) is 5.10. The molecule has 0 unspecified atom stereocenters. The van der Waals surface area contributed by atoms with Crippen molar-refractivity contribution in [1.29, 1.82) is 0 Å². The molecular formula is C21H16Cl2F3N6O2+. The van der Waals surface area contributed by atoms with Gasteiger partial charge >= 0.3 is 12.0 Å². The summed E-state index contributed by atoms with van der Waals surface area (Å²) >= 11 is 11.8. The number of nitrogens with one attached hydrogen (secondary N) is 2. The Balaban J connectivity index is 1.56. The first-order chi connectivity index (χ1) is 16.0. The van der Waals surface area contributed by atoms with Gasteiger partial charge in [0.25, 0.3) is 11.7 Å². The summed E-state index contributed by atoms with van der Waals surface area (Å²) < 4.78 is 40.5.